The predicted molar refractivity (Wildman–Crippen MR) is 129 cm³/mol. The number of carbonyl (C=O) groups is 1. The van der Waals surface area contributed by atoms with Gasteiger partial charge in [0.25, 0.3) is 0 Å². The molecular weight excluding hydrogens is 443 g/mol. The lowest BCUT2D eigenvalue weighted by Crippen LogP contribution is -2.20. The second-order valence-corrected chi connectivity index (χ2v) is 8.64. The van der Waals surface area contributed by atoms with Gasteiger partial charge < -0.3 is 9.47 Å². The van der Waals surface area contributed by atoms with Crippen LogP contribution in [0.15, 0.2) is 48.3 Å². The maximum absolute atomic E-state index is 13.1. The molecule has 1 heterocycles. The second-order valence-electron chi connectivity index (χ2n) is 8.64. The third kappa shape index (κ3) is 7.75. The fraction of sp³-hybridized carbons (Fsp3) is 0.407. The summed E-state index contributed by atoms with van der Waals surface area (Å²) in [6, 6.07) is 5.56. The molecule has 1 aromatic carbocycles. The SMILES string of the molecule is CCOC(=O)/C=C(C)/C=C/c1ccncc1-c1cc(C(C)C)cc(C(C)C)c1OCC(F)(F)F. The molecule has 0 aliphatic rings. The van der Waals surface area contributed by atoms with Crippen molar-refractivity contribution in [1.29, 1.82) is 0 Å². The van der Waals surface area contributed by atoms with Gasteiger partial charge in [-0.15, -0.1) is 0 Å². The Hall–Kier alpha value is -3.09. The third-order valence-electron chi connectivity index (χ3n) is 5.11. The van der Waals surface area contributed by atoms with E-state index in [2.05, 4.69) is 4.98 Å². The van der Waals surface area contributed by atoms with Crippen LogP contribution in [0, 0.1) is 0 Å². The van der Waals surface area contributed by atoms with E-state index in [9.17, 15) is 18.0 Å². The highest BCUT2D eigenvalue weighted by molar-refractivity contribution is 5.84. The molecule has 0 radical (unpaired) electrons. The van der Waals surface area contributed by atoms with E-state index in [1.807, 2.05) is 39.8 Å². The summed E-state index contributed by atoms with van der Waals surface area (Å²) in [5.74, 6) is -0.115. The fourth-order valence-corrected chi connectivity index (χ4v) is 3.37. The van der Waals surface area contributed by atoms with Crippen LogP contribution in [0.2, 0.25) is 0 Å². The van der Waals surface area contributed by atoms with Gasteiger partial charge in [0.15, 0.2) is 6.61 Å². The summed E-state index contributed by atoms with van der Waals surface area (Å²) in [6.45, 7) is 10.3. The molecule has 2 aromatic rings. The molecule has 2 rings (SSSR count). The van der Waals surface area contributed by atoms with Gasteiger partial charge in [-0.3, -0.25) is 4.98 Å². The summed E-state index contributed by atoms with van der Waals surface area (Å²) in [7, 11) is 0. The highest BCUT2D eigenvalue weighted by atomic mass is 19.4. The summed E-state index contributed by atoms with van der Waals surface area (Å²) in [6.07, 6.45) is 3.70. The van der Waals surface area contributed by atoms with E-state index in [1.165, 1.54) is 6.08 Å². The van der Waals surface area contributed by atoms with Crippen LogP contribution in [-0.2, 0) is 9.53 Å². The topological polar surface area (TPSA) is 48.4 Å². The van der Waals surface area contributed by atoms with Gasteiger partial charge in [0.2, 0.25) is 0 Å². The van der Waals surface area contributed by atoms with Crippen LogP contribution in [0.1, 0.15) is 70.1 Å². The van der Waals surface area contributed by atoms with Gasteiger partial charge in [-0.1, -0.05) is 45.9 Å². The Morgan fingerprint density at radius 3 is 2.41 bits per heavy atom. The highest BCUT2D eigenvalue weighted by Crippen LogP contribution is 2.41. The van der Waals surface area contributed by atoms with Crippen LogP contribution >= 0.6 is 0 Å². The first kappa shape index (κ1) is 27.2. The van der Waals surface area contributed by atoms with Gasteiger partial charge in [-0.05, 0) is 60.1 Å². The molecule has 0 spiro atoms. The number of halogens is 3. The molecular formula is C27H32F3NO3. The Balaban J connectivity index is 2.65. The van der Waals surface area contributed by atoms with Crippen molar-refractivity contribution < 1.29 is 27.4 Å². The van der Waals surface area contributed by atoms with Gasteiger partial charge in [-0.2, -0.15) is 13.2 Å². The summed E-state index contributed by atoms with van der Waals surface area (Å²) in [5.41, 5.74) is 4.31. The number of benzene rings is 1. The average molecular weight is 476 g/mol. The number of allylic oxidation sites excluding steroid dienone is 2. The number of carbonyl (C=O) groups excluding carboxylic acids is 1. The molecule has 34 heavy (non-hydrogen) atoms. The lowest BCUT2D eigenvalue weighted by atomic mass is 9.88. The van der Waals surface area contributed by atoms with Gasteiger partial charge in [-0.25, -0.2) is 4.79 Å². The molecule has 7 heteroatoms. The smallest absolute Gasteiger partial charge is 0.422 e. The molecule has 0 aliphatic heterocycles. The van der Waals surface area contributed by atoms with E-state index < -0.39 is 18.8 Å². The van der Waals surface area contributed by atoms with Crippen LogP contribution in [0.25, 0.3) is 17.2 Å². The van der Waals surface area contributed by atoms with E-state index >= 15 is 0 Å². The Kier molecular flexibility index (Phi) is 9.47. The minimum absolute atomic E-state index is 0.0499. The number of esters is 1. The first-order valence-electron chi connectivity index (χ1n) is 11.3. The fourth-order valence-electron chi connectivity index (χ4n) is 3.37. The Morgan fingerprint density at radius 1 is 1.12 bits per heavy atom. The zero-order chi connectivity index (χ0) is 25.5. The van der Waals surface area contributed by atoms with Crippen molar-refractivity contribution in [3.63, 3.8) is 0 Å². The van der Waals surface area contributed by atoms with Crippen molar-refractivity contribution in [1.82, 2.24) is 4.98 Å². The van der Waals surface area contributed by atoms with E-state index in [4.69, 9.17) is 9.47 Å². The van der Waals surface area contributed by atoms with E-state index in [-0.39, 0.29) is 24.2 Å². The molecule has 1 aromatic heterocycles. The Bertz CT molecular complexity index is 1050. The van der Waals surface area contributed by atoms with Crippen LogP contribution in [0.3, 0.4) is 0 Å². The normalized spacial score (nSPS) is 12.6. The monoisotopic (exact) mass is 475 g/mol. The van der Waals surface area contributed by atoms with Crippen molar-refractivity contribution in [2.75, 3.05) is 13.2 Å². The van der Waals surface area contributed by atoms with Crippen molar-refractivity contribution >= 4 is 12.0 Å². The number of pyridine rings is 1. The maximum atomic E-state index is 13.1. The average Bonchev–Trinajstić information content (AvgIpc) is 2.75. The van der Waals surface area contributed by atoms with Crippen LogP contribution < -0.4 is 4.74 Å². The molecule has 0 aliphatic carbocycles. The molecule has 0 saturated carbocycles. The molecule has 0 amide bonds. The predicted octanol–water partition coefficient (Wildman–Crippen LogP) is 7.46. The largest absolute Gasteiger partial charge is 0.483 e. The number of alkyl halides is 3. The molecule has 0 fully saturated rings. The minimum Gasteiger partial charge on any atom is -0.483 e. The summed E-state index contributed by atoms with van der Waals surface area (Å²) < 4.78 is 49.5. The first-order valence-corrected chi connectivity index (χ1v) is 11.3. The van der Waals surface area contributed by atoms with E-state index in [1.54, 1.807) is 44.5 Å². The highest BCUT2D eigenvalue weighted by Gasteiger charge is 2.30. The summed E-state index contributed by atoms with van der Waals surface area (Å²) in [4.78, 5) is 15.9. The number of nitrogens with zero attached hydrogens (tertiary/aromatic N) is 1. The lowest BCUT2D eigenvalue weighted by Gasteiger charge is -2.22. The van der Waals surface area contributed by atoms with Gasteiger partial charge >= 0.3 is 12.1 Å². The van der Waals surface area contributed by atoms with Crippen molar-refractivity contribution in [3.8, 4) is 16.9 Å². The molecule has 0 atom stereocenters. The van der Waals surface area contributed by atoms with Gasteiger partial charge in [0, 0.05) is 29.6 Å². The number of ether oxygens (including phenoxy) is 2. The van der Waals surface area contributed by atoms with Crippen LogP contribution in [0.4, 0.5) is 13.2 Å². The number of hydrogen-bond acceptors (Lipinski definition) is 4. The third-order valence-corrected chi connectivity index (χ3v) is 5.11. The summed E-state index contributed by atoms with van der Waals surface area (Å²) in [5, 5.41) is 0. The van der Waals surface area contributed by atoms with Crippen molar-refractivity contribution in [2.24, 2.45) is 0 Å². The molecule has 4 nitrogen and oxygen atoms in total. The summed E-state index contributed by atoms with van der Waals surface area (Å²) >= 11 is 0. The number of aromatic nitrogens is 1. The van der Waals surface area contributed by atoms with Crippen molar-refractivity contribution in [3.05, 3.63) is 65.0 Å². The number of hydrogen-bond donors (Lipinski definition) is 0. The van der Waals surface area contributed by atoms with E-state index in [0.717, 1.165) is 11.1 Å². The molecule has 0 N–H and O–H groups in total. The minimum atomic E-state index is -4.46. The zero-order valence-corrected chi connectivity index (χ0v) is 20.5. The van der Waals surface area contributed by atoms with Gasteiger partial charge in [0.05, 0.1) is 6.61 Å². The quantitative estimate of drug-likeness (QED) is 0.215. The molecule has 0 bridgehead atoms. The molecule has 184 valence electrons. The van der Waals surface area contributed by atoms with E-state index in [0.29, 0.717) is 22.3 Å². The van der Waals surface area contributed by atoms with Crippen LogP contribution in [-0.4, -0.2) is 30.3 Å². The maximum Gasteiger partial charge on any atom is 0.422 e. The standard InChI is InChI=1S/C27H32F3NO3/c1-7-33-25(32)12-19(6)8-9-20-10-11-31-15-24(20)23-14-21(17(2)3)13-22(18(4)5)26(23)34-16-27(28,29)30/h8-15,17-18H,7,16H2,1-6H3/b9-8+,19-12+. The zero-order valence-electron chi connectivity index (χ0n) is 20.5. The molecule has 0 unspecified atom stereocenters. The van der Waals surface area contributed by atoms with Crippen molar-refractivity contribution in [2.45, 2.75) is 59.6 Å². The first-order chi connectivity index (χ1) is 15.9. The van der Waals surface area contributed by atoms with Gasteiger partial charge in [0.1, 0.15) is 5.75 Å². The Morgan fingerprint density at radius 2 is 1.82 bits per heavy atom. The number of rotatable bonds is 9. The second kappa shape index (κ2) is 11.9. The molecule has 0 saturated heterocycles. The Labute approximate surface area is 199 Å². The lowest BCUT2D eigenvalue weighted by molar-refractivity contribution is -0.153. The van der Waals surface area contributed by atoms with Crippen LogP contribution in [0.5, 0.6) is 5.75 Å².